The van der Waals surface area contributed by atoms with Gasteiger partial charge in [0.15, 0.2) is 0 Å². The molecule has 0 unspecified atom stereocenters. The van der Waals surface area contributed by atoms with E-state index >= 15 is 0 Å². The second-order valence-electron chi connectivity index (χ2n) is 6.99. The molecule has 0 aromatic rings. The number of carboxylic acids is 1. The van der Waals surface area contributed by atoms with Gasteiger partial charge in [-0.3, -0.25) is 9.79 Å². The van der Waals surface area contributed by atoms with Crippen LogP contribution in [0.1, 0.15) is 116 Å². The summed E-state index contributed by atoms with van der Waals surface area (Å²) in [5.41, 5.74) is 0. The first-order valence-corrected chi connectivity index (χ1v) is 10.5. The van der Waals surface area contributed by atoms with Gasteiger partial charge in [-0.05, 0) is 6.42 Å². The Morgan fingerprint density at radius 2 is 1.08 bits per heavy atom. The number of nitrogens with zero attached hydrogens (tertiary/aromatic N) is 1. The molecule has 1 N–H and O–H groups in total. The van der Waals surface area contributed by atoms with E-state index in [1.54, 1.807) is 0 Å². The van der Waals surface area contributed by atoms with Crippen LogP contribution in [0.5, 0.6) is 0 Å². The quantitative estimate of drug-likeness (QED) is 0.208. The van der Waals surface area contributed by atoms with Crippen molar-refractivity contribution < 1.29 is 9.90 Å². The number of carbonyl (C=O) groups is 1. The lowest BCUT2D eigenvalue weighted by Crippen LogP contribution is -1.94. The van der Waals surface area contributed by atoms with Gasteiger partial charge in [0.25, 0.3) is 0 Å². The van der Waals surface area contributed by atoms with Gasteiger partial charge in [0.1, 0.15) is 0 Å². The van der Waals surface area contributed by atoms with Gasteiger partial charge < -0.3 is 5.11 Å². The number of rotatable bonds is 19. The van der Waals surface area contributed by atoms with Gasteiger partial charge in [0.05, 0.1) is 6.42 Å². The maximum atomic E-state index is 10.3. The standard InChI is InChI=1S/C21H41NO2/c1-2-3-4-5-6-7-8-9-10-11-12-13-14-15-16-17-19-22-20-18-21(23)24/h20H,2-19H2,1H3,(H,23,24). The first-order valence-electron chi connectivity index (χ1n) is 10.5. The van der Waals surface area contributed by atoms with E-state index in [1.807, 2.05) is 0 Å². The highest BCUT2D eigenvalue weighted by Crippen LogP contribution is 2.13. The van der Waals surface area contributed by atoms with Crippen LogP contribution < -0.4 is 0 Å². The lowest BCUT2D eigenvalue weighted by molar-refractivity contribution is -0.135. The van der Waals surface area contributed by atoms with Crippen LogP contribution in [-0.4, -0.2) is 23.8 Å². The van der Waals surface area contributed by atoms with E-state index in [9.17, 15) is 4.79 Å². The molecule has 0 spiro atoms. The Balaban J connectivity index is 3.02. The second-order valence-corrected chi connectivity index (χ2v) is 6.99. The molecule has 0 aliphatic heterocycles. The van der Waals surface area contributed by atoms with Crippen molar-refractivity contribution >= 4 is 12.2 Å². The first-order chi connectivity index (χ1) is 11.8. The summed E-state index contributed by atoms with van der Waals surface area (Å²) in [6.45, 7) is 3.06. The number of hydrogen-bond acceptors (Lipinski definition) is 2. The Kier molecular flexibility index (Phi) is 19.5. The van der Waals surface area contributed by atoms with Gasteiger partial charge >= 0.3 is 5.97 Å². The largest absolute Gasteiger partial charge is 0.481 e. The van der Waals surface area contributed by atoms with E-state index in [1.165, 1.54) is 103 Å². The molecule has 0 aromatic carbocycles. The van der Waals surface area contributed by atoms with Gasteiger partial charge in [0.2, 0.25) is 0 Å². The number of hydrogen-bond donors (Lipinski definition) is 1. The summed E-state index contributed by atoms with van der Waals surface area (Å²) in [5.74, 6) is -0.800. The molecule has 0 aliphatic carbocycles. The third-order valence-electron chi connectivity index (χ3n) is 4.54. The first kappa shape index (κ1) is 23.1. The summed E-state index contributed by atoms with van der Waals surface area (Å²) in [6, 6.07) is 0. The maximum absolute atomic E-state index is 10.3. The molecular weight excluding hydrogens is 298 g/mol. The maximum Gasteiger partial charge on any atom is 0.308 e. The number of carboxylic acid groups (broad SMARTS) is 1. The van der Waals surface area contributed by atoms with Gasteiger partial charge in [-0.25, -0.2) is 0 Å². The molecule has 3 heteroatoms. The molecule has 0 bridgehead atoms. The van der Waals surface area contributed by atoms with Crippen LogP contribution in [0, 0.1) is 0 Å². The summed E-state index contributed by atoms with van der Waals surface area (Å²) in [7, 11) is 0. The Hall–Kier alpha value is -0.860. The molecular formula is C21H41NO2. The van der Waals surface area contributed by atoms with E-state index in [0.29, 0.717) is 0 Å². The molecule has 0 fully saturated rings. The highest BCUT2D eigenvalue weighted by Gasteiger charge is 1.94. The topological polar surface area (TPSA) is 49.7 Å². The molecule has 0 saturated carbocycles. The molecule has 0 rings (SSSR count). The summed E-state index contributed by atoms with van der Waals surface area (Å²) in [5, 5.41) is 8.47. The van der Waals surface area contributed by atoms with Gasteiger partial charge in [-0.15, -0.1) is 0 Å². The van der Waals surface area contributed by atoms with E-state index in [0.717, 1.165) is 13.0 Å². The van der Waals surface area contributed by atoms with Crippen LogP contribution in [0.25, 0.3) is 0 Å². The third kappa shape index (κ3) is 21.1. The predicted molar refractivity (Wildman–Crippen MR) is 105 cm³/mol. The van der Waals surface area contributed by atoms with Crippen LogP contribution in [0.15, 0.2) is 4.99 Å². The molecule has 0 atom stereocenters. The summed E-state index contributed by atoms with van der Waals surface area (Å²) in [6.07, 6.45) is 23.5. The molecule has 142 valence electrons. The molecule has 24 heavy (non-hydrogen) atoms. The molecule has 0 radical (unpaired) electrons. The zero-order chi connectivity index (χ0) is 17.7. The van der Waals surface area contributed by atoms with Crippen LogP contribution in [0.2, 0.25) is 0 Å². The van der Waals surface area contributed by atoms with E-state index in [4.69, 9.17) is 5.11 Å². The lowest BCUT2D eigenvalue weighted by Gasteiger charge is -2.03. The minimum absolute atomic E-state index is 0.0544. The SMILES string of the molecule is CCCCCCCCCCCCCCCCCCN=CCC(=O)O. The second kappa shape index (κ2) is 20.2. The molecule has 0 amide bonds. The van der Waals surface area contributed by atoms with E-state index < -0.39 is 5.97 Å². The Bertz CT molecular complexity index is 290. The average Bonchev–Trinajstić information content (AvgIpc) is 2.56. The molecule has 0 saturated heterocycles. The number of aliphatic imine (C=N–C) groups is 1. The fourth-order valence-electron chi connectivity index (χ4n) is 2.99. The third-order valence-corrected chi connectivity index (χ3v) is 4.54. The zero-order valence-corrected chi connectivity index (χ0v) is 16.1. The molecule has 0 aromatic heterocycles. The van der Waals surface area contributed by atoms with E-state index in [2.05, 4.69) is 11.9 Å². The Labute approximate surface area is 150 Å². The van der Waals surface area contributed by atoms with Gasteiger partial charge in [0, 0.05) is 12.8 Å². The van der Waals surface area contributed by atoms with Crippen LogP contribution in [0.4, 0.5) is 0 Å². The van der Waals surface area contributed by atoms with Crippen molar-refractivity contribution in [3.63, 3.8) is 0 Å². The number of aliphatic carboxylic acids is 1. The highest BCUT2D eigenvalue weighted by molar-refractivity contribution is 5.84. The van der Waals surface area contributed by atoms with Crippen LogP contribution >= 0.6 is 0 Å². The van der Waals surface area contributed by atoms with Crippen LogP contribution in [0.3, 0.4) is 0 Å². The van der Waals surface area contributed by atoms with Crippen molar-refractivity contribution in [2.45, 2.75) is 116 Å². The van der Waals surface area contributed by atoms with Crippen LogP contribution in [-0.2, 0) is 4.79 Å². The summed E-state index contributed by atoms with van der Waals surface area (Å²) in [4.78, 5) is 14.4. The molecule has 0 aliphatic rings. The number of unbranched alkanes of at least 4 members (excludes halogenated alkanes) is 15. The monoisotopic (exact) mass is 339 g/mol. The summed E-state index contributed by atoms with van der Waals surface area (Å²) >= 11 is 0. The van der Waals surface area contributed by atoms with Crippen molar-refractivity contribution in [2.75, 3.05) is 6.54 Å². The zero-order valence-electron chi connectivity index (χ0n) is 16.1. The fraction of sp³-hybridized carbons (Fsp3) is 0.905. The average molecular weight is 340 g/mol. The minimum atomic E-state index is -0.800. The molecule has 0 heterocycles. The summed E-state index contributed by atoms with van der Waals surface area (Å²) < 4.78 is 0. The van der Waals surface area contributed by atoms with Crippen molar-refractivity contribution in [2.24, 2.45) is 4.99 Å². The van der Waals surface area contributed by atoms with Gasteiger partial charge in [-0.1, -0.05) is 103 Å². The van der Waals surface area contributed by atoms with Gasteiger partial charge in [-0.2, -0.15) is 0 Å². The van der Waals surface area contributed by atoms with Crippen molar-refractivity contribution in [1.29, 1.82) is 0 Å². The predicted octanol–water partition coefficient (Wildman–Crippen LogP) is 6.79. The van der Waals surface area contributed by atoms with Crippen molar-refractivity contribution in [1.82, 2.24) is 0 Å². The normalized spacial score (nSPS) is 11.4. The highest BCUT2D eigenvalue weighted by atomic mass is 16.4. The molecule has 3 nitrogen and oxygen atoms in total. The Morgan fingerprint density at radius 1 is 0.708 bits per heavy atom. The fourth-order valence-corrected chi connectivity index (χ4v) is 2.99. The Morgan fingerprint density at radius 3 is 1.46 bits per heavy atom. The van der Waals surface area contributed by atoms with Crippen molar-refractivity contribution in [3.8, 4) is 0 Å². The lowest BCUT2D eigenvalue weighted by atomic mass is 10.0. The van der Waals surface area contributed by atoms with E-state index in [-0.39, 0.29) is 6.42 Å². The smallest absolute Gasteiger partial charge is 0.308 e. The minimum Gasteiger partial charge on any atom is -0.481 e. The van der Waals surface area contributed by atoms with Crippen molar-refractivity contribution in [3.05, 3.63) is 0 Å².